The second-order valence-electron chi connectivity index (χ2n) is 6.80. The zero-order valence-electron chi connectivity index (χ0n) is 15.7. The van der Waals surface area contributed by atoms with Gasteiger partial charge in [-0.25, -0.2) is 4.68 Å². The van der Waals surface area contributed by atoms with Gasteiger partial charge in [-0.15, -0.1) is 10.2 Å². The first-order valence-corrected chi connectivity index (χ1v) is 10.0. The molecule has 2 unspecified atom stereocenters. The van der Waals surface area contributed by atoms with Crippen LogP contribution in [-0.4, -0.2) is 50.1 Å². The van der Waals surface area contributed by atoms with Crippen LogP contribution < -0.4 is 10.6 Å². The van der Waals surface area contributed by atoms with Gasteiger partial charge in [-0.2, -0.15) is 8.78 Å². The molecule has 1 aliphatic rings. The number of halogens is 2. The van der Waals surface area contributed by atoms with Crippen LogP contribution in [0.3, 0.4) is 0 Å². The van der Waals surface area contributed by atoms with Gasteiger partial charge in [0, 0.05) is 17.6 Å². The second kappa shape index (κ2) is 8.76. The number of hydrogen-bond donors (Lipinski definition) is 1. The van der Waals surface area contributed by atoms with Crippen molar-refractivity contribution in [3.05, 3.63) is 24.3 Å². The number of carbonyl (C=O) groups excluding carboxylic acids is 1. The highest BCUT2D eigenvalue weighted by atomic mass is 32.2. The van der Waals surface area contributed by atoms with Crippen molar-refractivity contribution in [1.82, 2.24) is 19.8 Å². The summed E-state index contributed by atoms with van der Waals surface area (Å²) in [7, 11) is 0. The fraction of sp³-hybridized carbons (Fsp3) is 0.500. The van der Waals surface area contributed by atoms with Crippen LogP contribution in [0.15, 0.2) is 29.4 Å². The lowest BCUT2D eigenvalue weighted by Crippen LogP contribution is -2.48. The number of rotatable bonds is 6. The fourth-order valence-corrected chi connectivity index (χ4v) is 4.20. The number of thioether (sulfide) groups is 1. The van der Waals surface area contributed by atoms with Crippen LogP contribution in [0.1, 0.15) is 33.1 Å². The van der Waals surface area contributed by atoms with Crippen molar-refractivity contribution in [3.8, 4) is 17.1 Å². The van der Waals surface area contributed by atoms with Gasteiger partial charge in [0.15, 0.2) is 5.82 Å². The molecule has 7 nitrogen and oxygen atoms in total. The van der Waals surface area contributed by atoms with Gasteiger partial charge in [0.05, 0.1) is 5.75 Å². The molecule has 1 amide bonds. The van der Waals surface area contributed by atoms with Gasteiger partial charge in [0.25, 0.3) is 0 Å². The molecule has 152 valence electrons. The molecule has 3 rings (SSSR count). The molecule has 10 heteroatoms. The Bertz CT molecular complexity index is 805. The van der Waals surface area contributed by atoms with Crippen LogP contribution in [0.2, 0.25) is 0 Å². The Morgan fingerprint density at radius 1 is 1.25 bits per heavy atom. The number of aromatic nitrogens is 3. The first-order valence-electron chi connectivity index (χ1n) is 9.06. The van der Waals surface area contributed by atoms with Crippen molar-refractivity contribution in [1.29, 1.82) is 0 Å². The molecule has 1 fully saturated rings. The number of hydrogen-bond acceptors (Lipinski definition) is 6. The Kier molecular flexibility index (Phi) is 6.38. The minimum atomic E-state index is -2.88. The van der Waals surface area contributed by atoms with Gasteiger partial charge in [0.1, 0.15) is 5.75 Å². The number of amides is 1. The highest BCUT2D eigenvalue weighted by Crippen LogP contribution is 2.27. The summed E-state index contributed by atoms with van der Waals surface area (Å²) in [6.45, 7) is 1.27. The molecule has 0 spiro atoms. The summed E-state index contributed by atoms with van der Waals surface area (Å²) in [5.74, 6) is 6.77. The first-order chi connectivity index (χ1) is 13.4. The van der Waals surface area contributed by atoms with E-state index in [9.17, 15) is 13.6 Å². The molecule has 2 atom stereocenters. The van der Waals surface area contributed by atoms with E-state index in [-0.39, 0.29) is 29.5 Å². The van der Waals surface area contributed by atoms with Gasteiger partial charge in [-0.1, -0.05) is 11.8 Å². The molecule has 0 aliphatic carbocycles. The summed E-state index contributed by atoms with van der Waals surface area (Å²) >= 11 is 1.23. The van der Waals surface area contributed by atoms with E-state index in [0.717, 1.165) is 19.3 Å². The SMILES string of the molecule is CC1CCCC(C)N1C(=O)CSc1nnc(-c2ccc(OC(F)F)cc2)n1N. The van der Waals surface area contributed by atoms with Crippen molar-refractivity contribution < 1.29 is 18.3 Å². The number of ether oxygens (including phenoxy) is 1. The zero-order valence-corrected chi connectivity index (χ0v) is 16.5. The molecule has 1 aliphatic heterocycles. The van der Waals surface area contributed by atoms with E-state index in [4.69, 9.17) is 5.84 Å². The van der Waals surface area contributed by atoms with Crippen LogP contribution in [0.25, 0.3) is 11.4 Å². The molecule has 2 aromatic rings. The Morgan fingerprint density at radius 3 is 2.50 bits per heavy atom. The quantitative estimate of drug-likeness (QED) is 0.581. The highest BCUT2D eigenvalue weighted by molar-refractivity contribution is 7.99. The molecule has 0 radical (unpaired) electrons. The summed E-state index contributed by atoms with van der Waals surface area (Å²) in [5, 5.41) is 8.51. The summed E-state index contributed by atoms with van der Waals surface area (Å²) in [5.41, 5.74) is 0.605. The lowest BCUT2D eigenvalue weighted by molar-refractivity contribution is -0.134. The number of piperidine rings is 1. The van der Waals surface area contributed by atoms with Crippen molar-refractivity contribution in [3.63, 3.8) is 0 Å². The number of nitrogen functional groups attached to an aromatic ring is 1. The number of likely N-dealkylation sites (tertiary alicyclic amines) is 1. The van der Waals surface area contributed by atoms with Crippen molar-refractivity contribution >= 4 is 17.7 Å². The van der Waals surface area contributed by atoms with Crippen molar-refractivity contribution in [2.75, 3.05) is 11.6 Å². The number of nitrogens with zero attached hydrogens (tertiary/aromatic N) is 4. The van der Waals surface area contributed by atoms with Gasteiger partial charge in [0.2, 0.25) is 11.1 Å². The van der Waals surface area contributed by atoms with E-state index in [1.807, 2.05) is 4.90 Å². The molecule has 0 bridgehead atoms. The monoisotopic (exact) mass is 411 g/mol. The third kappa shape index (κ3) is 4.54. The minimum absolute atomic E-state index is 0.0480. The third-order valence-electron chi connectivity index (χ3n) is 4.81. The molecular formula is C18H23F2N5O2S. The van der Waals surface area contributed by atoms with Crippen molar-refractivity contribution in [2.24, 2.45) is 0 Å². The summed E-state index contributed by atoms with van der Waals surface area (Å²) in [4.78, 5) is 14.6. The maximum absolute atomic E-state index is 12.6. The predicted octanol–water partition coefficient (Wildman–Crippen LogP) is 3.14. The van der Waals surface area contributed by atoms with E-state index >= 15 is 0 Å². The van der Waals surface area contributed by atoms with Gasteiger partial charge in [-0.3, -0.25) is 4.79 Å². The van der Waals surface area contributed by atoms with E-state index in [1.165, 1.54) is 28.6 Å². The molecule has 0 saturated carbocycles. The van der Waals surface area contributed by atoms with Crippen LogP contribution in [-0.2, 0) is 4.79 Å². The Morgan fingerprint density at radius 2 is 1.89 bits per heavy atom. The summed E-state index contributed by atoms with van der Waals surface area (Å²) in [6.07, 6.45) is 3.17. The van der Waals surface area contributed by atoms with E-state index in [2.05, 4.69) is 28.8 Å². The molecule has 28 heavy (non-hydrogen) atoms. The Balaban J connectivity index is 1.65. The van der Waals surface area contributed by atoms with Crippen molar-refractivity contribution in [2.45, 2.75) is 57.0 Å². The minimum Gasteiger partial charge on any atom is -0.435 e. The normalized spacial score (nSPS) is 19.8. The number of nitrogens with two attached hydrogens (primary N) is 1. The number of alkyl halides is 2. The van der Waals surface area contributed by atoms with Gasteiger partial charge in [-0.05, 0) is 57.4 Å². The van der Waals surface area contributed by atoms with E-state index in [1.54, 1.807) is 12.1 Å². The average molecular weight is 411 g/mol. The summed E-state index contributed by atoms with van der Waals surface area (Å²) in [6, 6.07) is 6.43. The molecule has 2 N–H and O–H groups in total. The molecular weight excluding hydrogens is 388 g/mol. The fourth-order valence-electron chi connectivity index (χ4n) is 3.47. The Labute approximate surface area is 166 Å². The highest BCUT2D eigenvalue weighted by Gasteiger charge is 2.29. The maximum Gasteiger partial charge on any atom is 0.387 e. The lowest BCUT2D eigenvalue weighted by Gasteiger charge is -2.39. The Hall–Kier alpha value is -2.36. The predicted molar refractivity (Wildman–Crippen MR) is 103 cm³/mol. The van der Waals surface area contributed by atoms with Gasteiger partial charge >= 0.3 is 6.61 Å². The molecule has 1 aromatic carbocycles. The zero-order chi connectivity index (χ0) is 20.3. The molecule has 1 aromatic heterocycles. The molecule has 1 saturated heterocycles. The lowest BCUT2D eigenvalue weighted by atomic mass is 9.98. The second-order valence-corrected chi connectivity index (χ2v) is 7.74. The number of benzene rings is 1. The average Bonchev–Trinajstić information content (AvgIpc) is 3.00. The third-order valence-corrected chi connectivity index (χ3v) is 5.74. The smallest absolute Gasteiger partial charge is 0.387 e. The standard InChI is InChI=1S/C18H23F2N5O2S/c1-11-4-3-5-12(2)24(11)15(26)10-28-18-23-22-16(25(18)21)13-6-8-14(9-7-13)27-17(19)20/h6-9,11-12,17H,3-5,10,21H2,1-2H3. The summed E-state index contributed by atoms with van der Waals surface area (Å²) < 4.78 is 30.1. The van der Waals surface area contributed by atoms with Crippen LogP contribution >= 0.6 is 11.8 Å². The maximum atomic E-state index is 12.6. The topological polar surface area (TPSA) is 86.3 Å². The van der Waals surface area contributed by atoms with E-state index in [0.29, 0.717) is 16.5 Å². The van der Waals surface area contributed by atoms with Crippen LogP contribution in [0.5, 0.6) is 5.75 Å². The number of carbonyl (C=O) groups is 1. The largest absolute Gasteiger partial charge is 0.435 e. The van der Waals surface area contributed by atoms with Crippen LogP contribution in [0.4, 0.5) is 8.78 Å². The first kappa shape index (κ1) is 20.4. The van der Waals surface area contributed by atoms with E-state index < -0.39 is 6.61 Å². The van der Waals surface area contributed by atoms with Gasteiger partial charge < -0.3 is 15.5 Å². The van der Waals surface area contributed by atoms with Crippen LogP contribution in [0, 0.1) is 0 Å². The molecule has 2 heterocycles.